The number of tetrazole rings is 1. The van der Waals surface area contributed by atoms with E-state index in [4.69, 9.17) is 0 Å². The van der Waals surface area contributed by atoms with E-state index in [2.05, 4.69) is 31.2 Å². The van der Waals surface area contributed by atoms with Gasteiger partial charge in [-0.15, -0.1) is 10.2 Å². The monoisotopic (exact) mass is 334 g/mol. The highest BCUT2D eigenvalue weighted by Crippen LogP contribution is 2.19. The quantitative estimate of drug-likeness (QED) is 0.602. The molecule has 2 aromatic heterocycles. The summed E-state index contributed by atoms with van der Waals surface area (Å²) in [6, 6.07) is 14.9. The number of rotatable bonds is 4. The first-order valence-electron chi connectivity index (χ1n) is 7.61. The molecule has 1 amide bonds. The lowest BCUT2D eigenvalue weighted by Gasteiger charge is -2.07. The van der Waals surface area contributed by atoms with Crippen LogP contribution in [0.4, 0.5) is 5.69 Å². The maximum atomic E-state index is 12.3. The van der Waals surface area contributed by atoms with Crippen LogP contribution < -0.4 is 5.32 Å². The zero-order valence-electron chi connectivity index (χ0n) is 13.4. The van der Waals surface area contributed by atoms with Gasteiger partial charge in [0.1, 0.15) is 12.1 Å². The van der Waals surface area contributed by atoms with Crippen LogP contribution in [0.5, 0.6) is 0 Å². The number of carbonyl (C=O) groups excluding carboxylic acids is 1. The summed E-state index contributed by atoms with van der Waals surface area (Å²) < 4.78 is 3.14. The van der Waals surface area contributed by atoms with Crippen molar-refractivity contribution < 1.29 is 4.79 Å². The molecule has 2 heterocycles. The van der Waals surface area contributed by atoms with Gasteiger partial charge in [0.2, 0.25) is 5.91 Å². The van der Waals surface area contributed by atoms with Crippen LogP contribution in [-0.2, 0) is 18.4 Å². The standard InChI is InChI=1S/C16H14N8O/c1-23-16(19-20-22-23)11-5-4-6-12(9-11)17-15(25)10-24-14-8-3-2-7-13(14)18-21-24/h2-9H,10H2,1H3,(H,17,25). The number of benzene rings is 2. The van der Waals surface area contributed by atoms with E-state index in [1.165, 1.54) is 0 Å². The molecule has 4 rings (SSSR count). The summed E-state index contributed by atoms with van der Waals surface area (Å²) >= 11 is 0. The molecule has 9 heteroatoms. The Morgan fingerprint density at radius 2 is 1.96 bits per heavy atom. The second-order valence-corrected chi connectivity index (χ2v) is 5.49. The van der Waals surface area contributed by atoms with E-state index in [0.717, 1.165) is 16.6 Å². The fourth-order valence-corrected chi connectivity index (χ4v) is 2.58. The molecular weight excluding hydrogens is 320 g/mol. The number of aryl methyl sites for hydroxylation is 1. The number of para-hydroxylation sites is 1. The summed E-state index contributed by atoms with van der Waals surface area (Å²) in [7, 11) is 1.76. The van der Waals surface area contributed by atoms with Gasteiger partial charge in [-0.3, -0.25) is 4.79 Å². The molecule has 1 N–H and O–H groups in total. The van der Waals surface area contributed by atoms with E-state index >= 15 is 0 Å². The second-order valence-electron chi connectivity index (χ2n) is 5.49. The average Bonchev–Trinajstić information content (AvgIpc) is 3.22. The lowest BCUT2D eigenvalue weighted by molar-refractivity contribution is -0.116. The third-order valence-electron chi connectivity index (χ3n) is 3.74. The molecule has 0 bridgehead atoms. The lowest BCUT2D eigenvalue weighted by Crippen LogP contribution is -2.19. The van der Waals surface area contributed by atoms with Gasteiger partial charge < -0.3 is 5.32 Å². The van der Waals surface area contributed by atoms with Crippen molar-refractivity contribution in [3.05, 3.63) is 48.5 Å². The lowest BCUT2D eigenvalue weighted by atomic mass is 10.2. The molecule has 9 nitrogen and oxygen atoms in total. The van der Waals surface area contributed by atoms with Crippen LogP contribution in [-0.4, -0.2) is 41.1 Å². The highest BCUT2D eigenvalue weighted by Gasteiger charge is 2.10. The number of aromatic nitrogens is 7. The van der Waals surface area contributed by atoms with Gasteiger partial charge in [0.15, 0.2) is 5.82 Å². The maximum Gasteiger partial charge on any atom is 0.246 e. The Bertz CT molecular complexity index is 1050. The van der Waals surface area contributed by atoms with Gasteiger partial charge >= 0.3 is 0 Å². The van der Waals surface area contributed by atoms with Gasteiger partial charge in [0, 0.05) is 18.3 Å². The van der Waals surface area contributed by atoms with Crippen molar-refractivity contribution in [1.82, 2.24) is 35.2 Å². The van der Waals surface area contributed by atoms with Gasteiger partial charge in [0.05, 0.1) is 5.52 Å². The van der Waals surface area contributed by atoms with Crippen molar-refractivity contribution in [3.8, 4) is 11.4 Å². The van der Waals surface area contributed by atoms with Crippen molar-refractivity contribution in [2.45, 2.75) is 6.54 Å². The predicted octanol–water partition coefficient (Wildman–Crippen LogP) is 1.26. The molecule has 0 saturated carbocycles. The number of nitrogens with one attached hydrogen (secondary N) is 1. The molecule has 25 heavy (non-hydrogen) atoms. The van der Waals surface area contributed by atoms with E-state index in [1.54, 1.807) is 16.4 Å². The third-order valence-corrected chi connectivity index (χ3v) is 3.74. The Hall–Kier alpha value is -3.62. The Balaban J connectivity index is 1.52. The Morgan fingerprint density at radius 3 is 2.80 bits per heavy atom. The number of anilines is 1. The molecule has 0 aliphatic rings. The second kappa shape index (κ2) is 6.11. The number of nitrogens with zero attached hydrogens (tertiary/aromatic N) is 7. The first kappa shape index (κ1) is 14.9. The van der Waals surface area contributed by atoms with Crippen LogP contribution >= 0.6 is 0 Å². The first-order valence-corrected chi connectivity index (χ1v) is 7.61. The van der Waals surface area contributed by atoms with Crippen LogP contribution in [0.2, 0.25) is 0 Å². The zero-order valence-corrected chi connectivity index (χ0v) is 13.4. The summed E-state index contributed by atoms with van der Waals surface area (Å²) in [6.07, 6.45) is 0. The molecule has 124 valence electrons. The minimum atomic E-state index is -0.191. The summed E-state index contributed by atoms with van der Waals surface area (Å²) in [4.78, 5) is 12.3. The van der Waals surface area contributed by atoms with Gasteiger partial charge in [-0.25, -0.2) is 9.36 Å². The van der Waals surface area contributed by atoms with Crippen molar-refractivity contribution >= 4 is 22.6 Å². The average molecular weight is 334 g/mol. The fourth-order valence-electron chi connectivity index (χ4n) is 2.58. The van der Waals surface area contributed by atoms with Gasteiger partial charge in [-0.05, 0) is 34.7 Å². The van der Waals surface area contributed by atoms with Crippen LogP contribution in [0, 0.1) is 0 Å². The largest absolute Gasteiger partial charge is 0.324 e. The predicted molar refractivity (Wildman–Crippen MR) is 90.4 cm³/mol. The highest BCUT2D eigenvalue weighted by molar-refractivity contribution is 5.92. The van der Waals surface area contributed by atoms with Crippen molar-refractivity contribution in [1.29, 1.82) is 0 Å². The van der Waals surface area contributed by atoms with E-state index in [-0.39, 0.29) is 12.5 Å². The van der Waals surface area contributed by atoms with Crippen molar-refractivity contribution in [2.24, 2.45) is 7.05 Å². The minimum absolute atomic E-state index is 0.0796. The molecule has 0 unspecified atom stereocenters. The Labute approximate surface area is 142 Å². The molecule has 0 aliphatic carbocycles. The third kappa shape index (κ3) is 2.94. The van der Waals surface area contributed by atoms with Gasteiger partial charge in [-0.1, -0.05) is 29.5 Å². The summed E-state index contributed by atoms with van der Waals surface area (Å²) in [5.41, 5.74) is 3.05. The number of hydrogen-bond donors (Lipinski definition) is 1. The minimum Gasteiger partial charge on any atom is -0.324 e. The SMILES string of the molecule is Cn1nnnc1-c1cccc(NC(=O)Cn2nnc3ccccc32)c1. The highest BCUT2D eigenvalue weighted by atomic mass is 16.2. The molecular formula is C16H14N8O. The summed E-state index contributed by atoms with van der Waals surface area (Å²) in [5, 5.41) is 22.3. The van der Waals surface area contributed by atoms with E-state index in [1.807, 2.05) is 48.5 Å². The van der Waals surface area contributed by atoms with Crippen LogP contribution in [0.3, 0.4) is 0 Å². The van der Waals surface area contributed by atoms with Crippen LogP contribution in [0.15, 0.2) is 48.5 Å². The number of hydrogen-bond acceptors (Lipinski definition) is 6. The van der Waals surface area contributed by atoms with Gasteiger partial charge in [-0.2, -0.15) is 0 Å². The molecule has 2 aromatic carbocycles. The molecule has 0 fully saturated rings. The molecule has 0 aliphatic heterocycles. The number of amides is 1. The maximum absolute atomic E-state index is 12.3. The molecule has 0 saturated heterocycles. The fraction of sp³-hybridized carbons (Fsp3) is 0.125. The summed E-state index contributed by atoms with van der Waals surface area (Å²) in [5.74, 6) is 0.433. The first-order chi connectivity index (χ1) is 12.2. The molecule has 4 aromatic rings. The van der Waals surface area contributed by atoms with Crippen LogP contribution in [0.1, 0.15) is 0 Å². The number of fused-ring (bicyclic) bond motifs is 1. The normalized spacial score (nSPS) is 10.9. The van der Waals surface area contributed by atoms with Crippen LogP contribution in [0.25, 0.3) is 22.4 Å². The van der Waals surface area contributed by atoms with E-state index in [9.17, 15) is 4.79 Å². The van der Waals surface area contributed by atoms with Gasteiger partial charge in [0.25, 0.3) is 0 Å². The number of carbonyl (C=O) groups is 1. The summed E-state index contributed by atoms with van der Waals surface area (Å²) in [6.45, 7) is 0.0796. The molecule has 0 spiro atoms. The van der Waals surface area contributed by atoms with Crippen molar-refractivity contribution in [3.63, 3.8) is 0 Å². The topological polar surface area (TPSA) is 103 Å². The van der Waals surface area contributed by atoms with E-state index < -0.39 is 0 Å². The zero-order chi connectivity index (χ0) is 17.2. The Kier molecular flexibility index (Phi) is 3.65. The van der Waals surface area contributed by atoms with Crippen molar-refractivity contribution in [2.75, 3.05) is 5.32 Å². The van der Waals surface area contributed by atoms with E-state index in [0.29, 0.717) is 11.5 Å². The molecule has 0 atom stereocenters. The molecule has 0 radical (unpaired) electrons. The smallest absolute Gasteiger partial charge is 0.246 e. The Morgan fingerprint density at radius 1 is 1.08 bits per heavy atom.